The summed E-state index contributed by atoms with van der Waals surface area (Å²) in [7, 11) is 0. The van der Waals surface area contributed by atoms with Crippen molar-refractivity contribution in [2.75, 3.05) is 45.9 Å². The third-order valence-corrected chi connectivity index (χ3v) is 4.37. The van der Waals surface area contributed by atoms with Gasteiger partial charge in [-0.3, -0.25) is 9.80 Å². The molecule has 2 aliphatic heterocycles. The molecule has 21 heavy (non-hydrogen) atoms. The lowest BCUT2D eigenvalue weighted by Gasteiger charge is -2.37. The van der Waals surface area contributed by atoms with E-state index >= 15 is 0 Å². The minimum atomic E-state index is -0.302. The van der Waals surface area contributed by atoms with Gasteiger partial charge in [-0.15, -0.1) is 0 Å². The maximum Gasteiger partial charge on any atom is 0.0793 e. The van der Waals surface area contributed by atoms with Gasteiger partial charge in [0.25, 0.3) is 0 Å². The van der Waals surface area contributed by atoms with E-state index in [1.165, 1.54) is 6.42 Å². The smallest absolute Gasteiger partial charge is 0.0793 e. The molecule has 2 saturated heterocycles. The van der Waals surface area contributed by atoms with Gasteiger partial charge in [-0.1, -0.05) is 6.92 Å². The van der Waals surface area contributed by atoms with Crippen LogP contribution in [0.3, 0.4) is 0 Å². The molecule has 4 unspecified atom stereocenters. The number of aliphatic hydroxyl groups excluding tert-OH is 1. The van der Waals surface area contributed by atoms with Gasteiger partial charge in [0, 0.05) is 39.3 Å². The quantitative estimate of drug-likeness (QED) is 0.759. The standard InChI is InChI=1S/C16H32N2O3/c1-4-17(12-16-6-5-7-20-16)10-15(19)11-18-8-13(2)21-14(3)9-18/h13-16,19H,4-12H2,1-3H3. The minimum Gasteiger partial charge on any atom is -0.390 e. The van der Waals surface area contributed by atoms with Crippen molar-refractivity contribution in [3.05, 3.63) is 0 Å². The van der Waals surface area contributed by atoms with Crippen molar-refractivity contribution in [2.45, 2.75) is 58.0 Å². The zero-order valence-electron chi connectivity index (χ0n) is 13.8. The molecular formula is C16H32N2O3. The van der Waals surface area contributed by atoms with Crippen molar-refractivity contribution in [1.29, 1.82) is 0 Å². The van der Waals surface area contributed by atoms with Crippen LogP contribution in [0.2, 0.25) is 0 Å². The van der Waals surface area contributed by atoms with E-state index in [1.807, 2.05) is 0 Å². The SMILES string of the molecule is CCN(CC(O)CN1CC(C)OC(C)C1)CC1CCCO1. The summed E-state index contributed by atoms with van der Waals surface area (Å²) >= 11 is 0. The summed E-state index contributed by atoms with van der Waals surface area (Å²) in [5.74, 6) is 0. The molecule has 2 fully saturated rings. The number of ether oxygens (including phenoxy) is 2. The molecule has 0 saturated carbocycles. The molecule has 5 nitrogen and oxygen atoms in total. The molecule has 2 aliphatic rings. The maximum atomic E-state index is 10.4. The minimum absolute atomic E-state index is 0.259. The highest BCUT2D eigenvalue weighted by molar-refractivity contribution is 4.78. The van der Waals surface area contributed by atoms with Gasteiger partial charge >= 0.3 is 0 Å². The maximum absolute atomic E-state index is 10.4. The Morgan fingerprint density at radius 2 is 2.00 bits per heavy atom. The highest BCUT2D eigenvalue weighted by Crippen LogP contribution is 2.14. The van der Waals surface area contributed by atoms with Gasteiger partial charge in [-0.25, -0.2) is 0 Å². The second-order valence-electron chi connectivity index (χ2n) is 6.62. The average Bonchev–Trinajstić information content (AvgIpc) is 2.89. The largest absolute Gasteiger partial charge is 0.390 e. The van der Waals surface area contributed by atoms with Crippen LogP contribution in [0.5, 0.6) is 0 Å². The number of hydrogen-bond acceptors (Lipinski definition) is 5. The lowest BCUT2D eigenvalue weighted by Crippen LogP contribution is -2.50. The fourth-order valence-corrected chi connectivity index (χ4v) is 3.50. The van der Waals surface area contributed by atoms with Crippen molar-refractivity contribution < 1.29 is 14.6 Å². The van der Waals surface area contributed by atoms with Gasteiger partial charge in [-0.2, -0.15) is 0 Å². The Morgan fingerprint density at radius 3 is 2.57 bits per heavy atom. The molecular weight excluding hydrogens is 268 g/mol. The summed E-state index contributed by atoms with van der Waals surface area (Å²) in [6, 6.07) is 0. The second-order valence-corrected chi connectivity index (χ2v) is 6.62. The van der Waals surface area contributed by atoms with E-state index in [2.05, 4.69) is 30.6 Å². The van der Waals surface area contributed by atoms with E-state index in [1.54, 1.807) is 0 Å². The van der Waals surface area contributed by atoms with Gasteiger partial charge in [0.15, 0.2) is 0 Å². The van der Waals surface area contributed by atoms with Crippen molar-refractivity contribution >= 4 is 0 Å². The first kappa shape index (κ1) is 17.2. The van der Waals surface area contributed by atoms with Crippen LogP contribution in [0, 0.1) is 0 Å². The zero-order chi connectivity index (χ0) is 15.2. The number of rotatable bonds is 7. The summed E-state index contributed by atoms with van der Waals surface area (Å²) in [4.78, 5) is 4.64. The number of morpholine rings is 1. The first-order chi connectivity index (χ1) is 10.1. The van der Waals surface area contributed by atoms with E-state index in [4.69, 9.17) is 9.47 Å². The molecule has 4 atom stereocenters. The summed E-state index contributed by atoms with van der Waals surface area (Å²) in [6.07, 6.45) is 2.91. The molecule has 1 N–H and O–H groups in total. The van der Waals surface area contributed by atoms with Crippen LogP contribution >= 0.6 is 0 Å². The van der Waals surface area contributed by atoms with Crippen LogP contribution in [0.1, 0.15) is 33.6 Å². The van der Waals surface area contributed by atoms with Crippen molar-refractivity contribution in [2.24, 2.45) is 0 Å². The van der Waals surface area contributed by atoms with Crippen LogP contribution < -0.4 is 0 Å². The fraction of sp³-hybridized carbons (Fsp3) is 1.00. The van der Waals surface area contributed by atoms with Crippen molar-refractivity contribution in [1.82, 2.24) is 9.80 Å². The predicted molar refractivity (Wildman–Crippen MR) is 83.5 cm³/mol. The highest BCUT2D eigenvalue weighted by Gasteiger charge is 2.25. The van der Waals surface area contributed by atoms with Gasteiger partial charge in [-0.05, 0) is 33.2 Å². The van der Waals surface area contributed by atoms with Crippen LogP contribution in [-0.2, 0) is 9.47 Å². The number of nitrogens with zero attached hydrogens (tertiary/aromatic N) is 2. The molecule has 5 heteroatoms. The van der Waals surface area contributed by atoms with Crippen molar-refractivity contribution in [3.8, 4) is 0 Å². The molecule has 0 spiro atoms. The van der Waals surface area contributed by atoms with Crippen molar-refractivity contribution in [3.63, 3.8) is 0 Å². The Balaban J connectivity index is 1.72. The van der Waals surface area contributed by atoms with E-state index < -0.39 is 0 Å². The van der Waals surface area contributed by atoms with E-state index in [0.717, 1.165) is 52.3 Å². The molecule has 0 aliphatic carbocycles. The fourth-order valence-electron chi connectivity index (χ4n) is 3.50. The number of likely N-dealkylation sites (N-methyl/N-ethyl adjacent to an activating group) is 1. The zero-order valence-corrected chi connectivity index (χ0v) is 13.8. The monoisotopic (exact) mass is 300 g/mol. The van der Waals surface area contributed by atoms with E-state index in [0.29, 0.717) is 6.10 Å². The third-order valence-electron chi connectivity index (χ3n) is 4.37. The third kappa shape index (κ3) is 5.83. The Morgan fingerprint density at radius 1 is 1.29 bits per heavy atom. The van der Waals surface area contributed by atoms with E-state index in [-0.39, 0.29) is 18.3 Å². The molecule has 0 aromatic carbocycles. The molecule has 2 heterocycles. The van der Waals surface area contributed by atoms with Crippen LogP contribution in [-0.4, -0.2) is 85.2 Å². The van der Waals surface area contributed by atoms with Gasteiger partial charge in [0.1, 0.15) is 0 Å². The molecule has 0 aromatic rings. The lowest BCUT2D eigenvalue weighted by atomic mass is 10.2. The summed E-state index contributed by atoms with van der Waals surface area (Å²) in [5.41, 5.74) is 0. The van der Waals surface area contributed by atoms with Crippen LogP contribution in [0.4, 0.5) is 0 Å². The van der Waals surface area contributed by atoms with Gasteiger partial charge in [0.05, 0.1) is 24.4 Å². The summed E-state index contributed by atoms with van der Waals surface area (Å²) in [6.45, 7) is 12.5. The van der Waals surface area contributed by atoms with Gasteiger partial charge in [0.2, 0.25) is 0 Å². The molecule has 0 aromatic heterocycles. The molecule has 0 radical (unpaired) electrons. The molecule has 124 valence electrons. The topological polar surface area (TPSA) is 45.2 Å². The average molecular weight is 300 g/mol. The van der Waals surface area contributed by atoms with Crippen LogP contribution in [0.25, 0.3) is 0 Å². The first-order valence-corrected chi connectivity index (χ1v) is 8.46. The second kappa shape index (κ2) is 8.44. The summed E-state index contributed by atoms with van der Waals surface area (Å²) in [5, 5.41) is 10.4. The van der Waals surface area contributed by atoms with E-state index in [9.17, 15) is 5.11 Å². The first-order valence-electron chi connectivity index (χ1n) is 8.46. The Kier molecular flexibility index (Phi) is 6.89. The highest BCUT2D eigenvalue weighted by atomic mass is 16.5. The Labute approximate surface area is 129 Å². The van der Waals surface area contributed by atoms with Crippen LogP contribution in [0.15, 0.2) is 0 Å². The number of hydrogen-bond donors (Lipinski definition) is 1. The molecule has 0 amide bonds. The Bertz CT molecular complexity index is 287. The summed E-state index contributed by atoms with van der Waals surface area (Å²) < 4.78 is 11.4. The Hall–Kier alpha value is -0.200. The number of β-amino-alcohol motifs (C(OH)–C–C–N with tert-alkyl or cyclic N) is 1. The molecule has 2 rings (SSSR count). The van der Waals surface area contributed by atoms with Gasteiger partial charge < -0.3 is 14.6 Å². The molecule has 0 bridgehead atoms. The lowest BCUT2D eigenvalue weighted by molar-refractivity contribution is -0.0783. The normalized spacial score (nSPS) is 32.7. The predicted octanol–water partition coefficient (Wildman–Crippen LogP) is 0.957. The number of aliphatic hydroxyl groups is 1.